The van der Waals surface area contributed by atoms with Crippen molar-refractivity contribution in [1.29, 1.82) is 0 Å². The molecule has 1 saturated heterocycles. The fraction of sp³-hybridized carbons (Fsp3) is 0.409. The molecular formula is C22H28FN3O3. The van der Waals surface area contributed by atoms with Gasteiger partial charge in [-0.3, -0.25) is 0 Å². The lowest BCUT2D eigenvalue weighted by molar-refractivity contribution is -0.0605. The number of benzene rings is 2. The summed E-state index contributed by atoms with van der Waals surface area (Å²) in [5, 5.41) is 13.6. The number of morpholine rings is 1. The number of methoxy groups -OCH3 is 1. The highest BCUT2D eigenvalue weighted by Gasteiger charge is 2.28. The van der Waals surface area contributed by atoms with Gasteiger partial charge in [0.1, 0.15) is 11.9 Å². The van der Waals surface area contributed by atoms with E-state index in [-0.39, 0.29) is 23.8 Å². The molecule has 6 nitrogen and oxygen atoms in total. The number of halogens is 1. The quantitative estimate of drug-likeness (QED) is 0.593. The van der Waals surface area contributed by atoms with Crippen LogP contribution in [-0.2, 0) is 11.3 Å². The molecule has 7 heteroatoms. The van der Waals surface area contributed by atoms with E-state index in [0.717, 1.165) is 18.1 Å². The van der Waals surface area contributed by atoms with E-state index in [0.29, 0.717) is 30.9 Å². The molecule has 0 bridgehead atoms. The molecule has 2 N–H and O–H groups in total. The van der Waals surface area contributed by atoms with E-state index in [1.165, 1.54) is 19.2 Å². The Balaban J connectivity index is 1.80. The Hall–Kier alpha value is -2.80. The lowest BCUT2D eigenvalue weighted by Gasteiger charge is -2.38. The van der Waals surface area contributed by atoms with Crippen LogP contribution < -0.4 is 10.1 Å². The highest BCUT2D eigenvalue weighted by Crippen LogP contribution is 2.30. The van der Waals surface area contributed by atoms with Crippen molar-refractivity contribution in [2.75, 3.05) is 26.7 Å². The minimum Gasteiger partial charge on any atom is -0.504 e. The van der Waals surface area contributed by atoms with E-state index in [1.807, 2.05) is 26.0 Å². The van der Waals surface area contributed by atoms with Gasteiger partial charge in [-0.05, 0) is 37.6 Å². The number of rotatable bonds is 5. The molecule has 0 saturated carbocycles. The smallest absolute Gasteiger partial charge is 0.194 e. The SMILES string of the molecule is CCNC(=NCc1cccc(OC)c1O)N1CC(C)OC(c2ccc(F)cc2)C1. The average Bonchev–Trinajstić information content (AvgIpc) is 2.72. The van der Waals surface area contributed by atoms with Gasteiger partial charge in [-0.25, -0.2) is 9.38 Å². The fourth-order valence-corrected chi connectivity index (χ4v) is 3.43. The maximum atomic E-state index is 13.3. The van der Waals surface area contributed by atoms with Crippen LogP contribution in [0.2, 0.25) is 0 Å². The normalized spacial score (nSPS) is 19.9. The molecular weight excluding hydrogens is 373 g/mol. The molecule has 2 atom stereocenters. The van der Waals surface area contributed by atoms with Crippen LogP contribution in [0, 0.1) is 5.82 Å². The van der Waals surface area contributed by atoms with Crippen LogP contribution >= 0.6 is 0 Å². The second-order valence-corrected chi connectivity index (χ2v) is 7.03. The molecule has 1 fully saturated rings. The second kappa shape index (κ2) is 9.60. The lowest BCUT2D eigenvalue weighted by Crippen LogP contribution is -2.50. The minimum absolute atomic E-state index is 0.00659. The monoisotopic (exact) mass is 401 g/mol. The van der Waals surface area contributed by atoms with Crippen molar-refractivity contribution in [2.24, 2.45) is 4.99 Å². The first-order chi connectivity index (χ1) is 14.0. The van der Waals surface area contributed by atoms with Crippen molar-refractivity contribution in [1.82, 2.24) is 10.2 Å². The van der Waals surface area contributed by atoms with Gasteiger partial charge in [-0.15, -0.1) is 0 Å². The van der Waals surface area contributed by atoms with E-state index in [2.05, 4.69) is 10.2 Å². The summed E-state index contributed by atoms with van der Waals surface area (Å²) in [6.07, 6.45) is -0.179. The summed E-state index contributed by atoms with van der Waals surface area (Å²) in [4.78, 5) is 6.86. The zero-order valence-electron chi connectivity index (χ0n) is 17.1. The summed E-state index contributed by atoms with van der Waals surface area (Å²) in [5.74, 6) is 1.02. The van der Waals surface area contributed by atoms with Gasteiger partial charge in [0.05, 0.1) is 26.3 Å². The number of ether oxygens (including phenoxy) is 2. The van der Waals surface area contributed by atoms with Crippen molar-refractivity contribution in [3.8, 4) is 11.5 Å². The highest BCUT2D eigenvalue weighted by atomic mass is 19.1. The van der Waals surface area contributed by atoms with Crippen molar-refractivity contribution >= 4 is 5.96 Å². The number of nitrogens with one attached hydrogen (secondary N) is 1. The topological polar surface area (TPSA) is 66.3 Å². The zero-order chi connectivity index (χ0) is 20.8. The third-order valence-corrected chi connectivity index (χ3v) is 4.84. The molecule has 0 amide bonds. The van der Waals surface area contributed by atoms with Gasteiger partial charge in [0.2, 0.25) is 0 Å². The van der Waals surface area contributed by atoms with Gasteiger partial charge in [0.15, 0.2) is 17.5 Å². The Labute approximate surface area is 171 Å². The fourth-order valence-electron chi connectivity index (χ4n) is 3.43. The number of phenols is 1. The van der Waals surface area contributed by atoms with E-state index in [9.17, 15) is 9.50 Å². The summed E-state index contributed by atoms with van der Waals surface area (Å²) < 4.78 is 24.5. The van der Waals surface area contributed by atoms with E-state index < -0.39 is 0 Å². The molecule has 1 aliphatic rings. The molecule has 2 unspecified atom stereocenters. The number of hydrogen-bond acceptors (Lipinski definition) is 4. The number of para-hydroxylation sites is 1. The lowest BCUT2D eigenvalue weighted by atomic mass is 10.1. The predicted molar refractivity (Wildman–Crippen MR) is 111 cm³/mol. The second-order valence-electron chi connectivity index (χ2n) is 7.03. The first-order valence-corrected chi connectivity index (χ1v) is 9.80. The van der Waals surface area contributed by atoms with Crippen LogP contribution in [0.25, 0.3) is 0 Å². The predicted octanol–water partition coefficient (Wildman–Crippen LogP) is 3.47. The summed E-state index contributed by atoms with van der Waals surface area (Å²) in [6, 6.07) is 11.8. The molecule has 0 spiro atoms. The molecule has 1 aliphatic heterocycles. The highest BCUT2D eigenvalue weighted by molar-refractivity contribution is 5.80. The van der Waals surface area contributed by atoms with Gasteiger partial charge >= 0.3 is 0 Å². The number of aromatic hydroxyl groups is 1. The molecule has 2 aromatic carbocycles. The Morgan fingerprint density at radius 2 is 2.03 bits per heavy atom. The van der Waals surface area contributed by atoms with Crippen LogP contribution in [0.4, 0.5) is 4.39 Å². The molecule has 0 radical (unpaired) electrons. The molecule has 0 aliphatic carbocycles. The molecule has 3 rings (SSSR count). The number of phenolic OH excluding ortho intramolecular Hbond substituents is 1. The summed E-state index contributed by atoms with van der Waals surface area (Å²) in [5.41, 5.74) is 1.63. The summed E-state index contributed by atoms with van der Waals surface area (Å²) in [6.45, 7) is 6.35. The first-order valence-electron chi connectivity index (χ1n) is 9.80. The molecule has 29 heavy (non-hydrogen) atoms. The number of hydrogen-bond donors (Lipinski definition) is 2. The third kappa shape index (κ3) is 5.17. The van der Waals surface area contributed by atoms with E-state index in [4.69, 9.17) is 14.5 Å². The maximum absolute atomic E-state index is 13.3. The van der Waals surface area contributed by atoms with Crippen molar-refractivity contribution < 1.29 is 19.0 Å². The van der Waals surface area contributed by atoms with Crippen LogP contribution in [0.1, 0.15) is 31.1 Å². The number of guanidine groups is 1. The van der Waals surface area contributed by atoms with Crippen molar-refractivity contribution in [3.05, 3.63) is 59.4 Å². The standard InChI is InChI=1S/C22H28FN3O3/c1-4-24-22(25-12-17-6-5-7-19(28-3)21(17)27)26-13-15(2)29-20(14-26)16-8-10-18(23)11-9-16/h5-11,15,20,27H,4,12-14H2,1-3H3,(H,24,25). The van der Waals surface area contributed by atoms with Crippen molar-refractivity contribution in [3.63, 3.8) is 0 Å². The first kappa shape index (κ1) is 20.9. The van der Waals surface area contributed by atoms with Gasteiger partial charge < -0.3 is 24.8 Å². The van der Waals surface area contributed by atoms with Crippen LogP contribution in [-0.4, -0.2) is 48.8 Å². The zero-order valence-corrected chi connectivity index (χ0v) is 17.1. The molecule has 156 valence electrons. The maximum Gasteiger partial charge on any atom is 0.194 e. The van der Waals surface area contributed by atoms with Crippen molar-refractivity contribution in [2.45, 2.75) is 32.6 Å². The van der Waals surface area contributed by atoms with E-state index in [1.54, 1.807) is 18.2 Å². The Kier molecular flexibility index (Phi) is 6.93. The van der Waals surface area contributed by atoms with E-state index >= 15 is 0 Å². The summed E-state index contributed by atoms with van der Waals surface area (Å²) >= 11 is 0. The molecule has 0 aromatic heterocycles. The largest absolute Gasteiger partial charge is 0.504 e. The van der Waals surface area contributed by atoms with Gasteiger partial charge in [-0.1, -0.05) is 24.3 Å². The Morgan fingerprint density at radius 1 is 1.28 bits per heavy atom. The minimum atomic E-state index is -0.262. The Morgan fingerprint density at radius 3 is 2.72 bits per heavy atom. The van der Waals surface area contributed by atoms with Gasteiger partial charge in [0.25, 0.3) is 0 Å². The van der Waals surface area contributed by atoms with Gasteiger partial charge in [0, 0.05) is 18.7 Å². The third-order valence-electron chi connectivity index (χ3n) is 4.84. The summed E-state index contributed by atoms with van der Waals surface area (Å²) in [7, 11) is 1.52. The van der Waals surface area contributed by atoms with Crippen LogP contribution in [0.3, 0.4) is 0 Å². The number of nitrogens with zero attached hydrogens (tertiary/aromatic N) is 2. The molecule has 1 heterocycles. The average molecular weight is 401 g/mol. The van der Waals surface area contributed by atoms with Crippen LogP contribution in [0.5, 0.6) is 11.5 Å². The Bertz CT molecular complexity index is 842. The van der Waals surface area contributed by atoms with Crippen LogP contribution in [0.15, 0.2) is 47.5 Å². The molecule has 2 aromatic rings. The van der Waals surface area contributed by atoms with Gasteiger partial charge in [-0.2, -0.15) is 0 Å². The number of aliphatic imine (C=N–C) groups is 1.